The number of anilines is 1. The van der Waals surface area contributed by atoms with Crippen molar-refractivity contribution in [1.29, 1.82) is 0 Å². The molecule has 0 spiro atoms. The Morgan fingerprint density at radius 2 is 2.06 bits per heavy atom. The topological polar surface area (TPSA) is 38.3 Å². The molecule has 1 aromatic carbocycles. The lowest BCUT2D eigenvalue weighted by molar-refractivity contribution is 0.0601. The van der Waals surface area contributed by atoms with Crippen LogP contribution in [-0.4, -0.2) is 19.1 Å². The minimum Gasteiger partial charge on any atom is -0.465 e. The van der Waals surface area contributed by atoms with Crippen molar-refractivity contribution < 1.29 is 9.53 Å². The number of esters is 1. The second kappa shape index (κ2) is 6.43. The summed E-state index contributed by atoms with van der Waals surface area (Å²) in [5.74, 6) is 0.292. The SMILES string of the molecule is CCC(C)C(C)Nc1cc(C(=O)OC)ccc1C. The molecule has 1 rings (SSSR count). The predicted octanol–water partition coefficient (Wildman–Crippen LogP) is 3.63. The van der Waals surface area contributed by atoms with Crippen LogP contribution >= 0.6 is 0 Å². The van der Waals surface area contributed by atoms with Crippen molar-refractivity contribution in [2.45, 2.75) is 40.2 Å². The molecule has 0 heterocycles. The minimum atomic E-state index is -0.297. The third-order valence-electron chi connectivity index (χ3n) is 3.54. The molecule has 2 atom stereocenters. The number of carbonyl (C=O) groups is 1. The van der Waals surface area contributed by atoms with Crippen LogP contribution in [0, 0.1) is 12.8 Å². The molecule has 0 saturated heterocycles. The van der Waals surface area contributed by atoms with Gasteiger partial charge in [-0.1, -0.05) is 26.3 Å². The first-order valence-corrected chi connectivity index (χ1v) is 6.45. The summed E-state index contributed by atoms with van der Waals surface area (Å²) >= 11 is 0. The lowest BCUT2D eigenvalue weighted by atomic mass is 10.00. The second-order valence-corrected chi connectivity index (χ2v) is 4.84. The Hall–Kier alpha value is -1.51. The highest BCUT2D eigenvalue weighted by Gasteiger charge is 2.13. The second-order valence-electron chi connectivity index (χ2n) is 4.84. The van der Waals surface area contributed by atoms with Gasteiger partial charge >= 0.3 is 5.97 Å². The fourth-order valence-corrected chi connectivity index (χ4v) is 1.76. The monoisotopic (exact) mass is 249 g/mol. The number of ether oxygens (including phenoxy) is 1. The van der Waals surface area contributed by atoms with Crippen molar-refractivity contribution in [2.24, 2.45) is 5.92 Å². The fourth-order valence-electron chi connectivity index (χ4n) is 1.76. The summed E-state index contributed by atoms with van der Waals surface area (Å²) < 4.78 is 4.74. The number of rotatable bonds is 5. The third-order valence-corrected chi connectivity index (χ3v) is 3.54. The molecule has 18 heavy (non-hydrogen) atoms. The van der Waals surface area contributed by atoms with E-state index in [0.29, 0.717) is 17.5 Å². The van der Waals surface area contributed by atoms with Crippen LogP contribution < -0.4 is 5.32 Å². The first kappa shape index (κ1) is 14.6. The lowest BCUT2D eigenvalue weighted by Crippen LogP contribution is -2.23. The van der Waals surface area contributed by atoms with E-state index in [2.05, 4.69) is 26.1 Å². The van der Waals surface area contributed by atoms with Crippen LogP contribution in [0.5, 0.6) is 0 Å². The van der Waals surface area contributed by atoms with E-state index in [-0.39, 0.29) is 5.97 Å². The van der Waals surface area contributed by atoms with E-state index in [9.17, 15) is 4.79 Å². The van der Waals surface area contributed by atoms with E-state index in [0.717, 1.165) is 17.7 Å². The lowest BCUT2D eigenvalue weighted by Gasteiger charge is -2.22. The van der Waals surface area contributed by atoms with Crippen molar-refractivity contribution in [1.82, 2.24) is 0 Å². The standard InChI is InChI=1S/C15H23NO2/c1-6-10(2)12(4)16-14-9-13(15(17)18-5)8-7-11(14)3/h7-10,12,16H,6H2,1-5H3. The molecule has 0 aliphatic carbocycles. The highest BCUT2D eigenvalue weighted by Crippen LogP contribution is 2.21. The van der Waals surface area contributed by atoms with Gasteiger partial charge in [0.1, 0.15) is 0 Å². The van der Waals surface area contributed by atoms with Gasteiger partial charge in [0.15, 0.2) is 0 Å². The molecular weight excluding hydrogens is 226 g/mol. The number of aryl methyl sites for hydroxylation is 1. The van der Waals surface area contributed by atoms with Crippen molar-refractivity contribution in [2.75, 3.05) is 12.4 Å². The first-order chi connectivity index (χ1) is 8.49. The summed E-state index contributed by atoms with van der Waals surface area (Å²) in [4.78, 5) is 11.5. The van der Waals surface area contributed by atoms with Crippen molar-refractivity contribution in [3.63, 3.8) is 0 Å². The largest absolute Gasteiger partial charge is 0.465 e. The molecule has 0 bridgehead atoms. The molecule has 0 aromatic heterocycles. The highest BCUT2D eigenvalue weighted by atomic mass is 16.5. The Labute approximate surface area is 110 Å². The summed E-state index contributed by atoms with van der Waals surface area (Å²) in [7, 11) is 1.40. The molecule has 0 amide bonds. The maximum absolute atomic E-state index is 11.5. The zero-order valence-electron chi connectivity index (χ0n) is 11.9. The number of nitrogens with one attached hydrogen (secondary N) is 1. The molecular formula is C15H23NO2. The van der Waals surface area contributed by atoms with Gasteiger partial charge in [-0.3, -0.25) is 0 Å². The normalized spacial score (nSPS) is 13.8. The highest BCUT2D eigenvalue weighted by molar-refractivity contribution is 5.90. The third kappa shape index (κ3) is 3.49. The average molecular weight is 249 g/mol. The Morgan fingerprint density at radius 1 is 1.39 bits per heavy atom. The maximum atomic E-state index is 11.5. The molecule has 1 N–H and O–H groups in total. The smallest absolute Gasteiger partial charge is 0.337 e. The van der Waals surface area contributed by atoms with Crippen LogP contribution in [0.15, 0.2) is 18.2 Å². The summed E-state index contributed by atoms with van der Waals surface area (Å²) in [6.45, 7) is 8.60. The number of carbonyl (C=O) groups excluding carboxylic acids is 1. The maximum Gasteiger partial charge on any atom is 0.337 e. The van der Waals surface area contributed by atoms with Crippen LogP contribution in [0.25, 0.3) is 0 Å². The van der Waals surface area contributed by atoms with E-state index in [4.69, 9.17) is 4.74 Å². The Bertz CT molecular complexity index is 415. The van der Waals surface area contributed by atoms with Gasteiger partial charge in [-0.15, -0.1) is 0 Å². The van der Waals surface area contributed by atoms with Crippen LogP contribution in [0.3, 0.4) is 0 Å². The minimum absolute atomic E-state index is 0.297. The predicted molar refractivity (Wildman–Crippen MR) is 75.1 cm³/mol. The van der Waals surface area contributed by atoms with Crippen LogP contribution in [0.2, 0.25) is 0 Å². The number of hydrogen-bond donors (Lipinski definition) is 1. The first-order valence-electron chi connectivity index (χ1n) is 6.45. The molecule has 0 saturated carbocycles. The van der Waals surface area contributed by atoms with Crippen LogP contribution in [0.4, 0.5) is 5.69 Å². The van der Waals surface area contributed by atoms with E-state index < -0.39 is 0 Å². The Balaban J connectivity index is 2.91. The van der Waals surface area contributed by atoms with E-state index >= 15 is 0 Å². The average Bonchev–Trinajstić information content (AvgIpc) is 2.39. The molecule has 1 aromatic rings. The molecule has 3 heteroatoms. The molecule has 3 nitrogen and oxygen atoms in total. The molecule has 0 aliphatic heterocycles. The van der Waals surface area contributed by atoms with Gasteiger partial charge in [-0.25, -0.2) is 4.79 Å². The quantitative estimate of drug-likeness (QED) is 0.810. The summed E-state index contributed by atoms with van der Waals surface area (Å²) in [6.07, 6.45) is 1.13. The zero-order valence-corrected chi connectivity index (χ0v) is 11.9. The zero-order chi connectivity index (χ0) is 13.7. The molecule has 0 aliphatic rings. The summed E-state index contributed by atoms with van der Waals surface area (Å²) in [6, 6.07) is 5.97. The van der Waals surface area contributed by atoms with E-state index in [1.54, 1.807) is 6.07 Å². The fraction of sp³-hybridized carbons (Fsp3) is 0.533. The molecule has 2 unspecified atom stereocenters. The molecule has 0 fully saturated rings. The van der Waals surface area contributed by atoms with Crippen molar-refractivity contribution >= 4 is 11.7 Å². The van der Waals surface area contributed by atoms with Gasteiger partial charge in [0.25, 0.3) is 0 Å². The number of methoxy groups -OCH3 is 1. The van der Waals surface area contributed by atoms with Gasteiger partial charge in [0, 0.05) is 11.7 Å². The Morgan fingerprint density at radius 3 is 2.61 bits per heavy atom. The molecule has 100 valence electrons. The molecule has 0 radical (unpaired) electrons. The summed E-state index contributed by atoms with van der Waals surface area (Å²) in [5.41, 5.74) is 2.73. The number of hydrogen-bond acceptors (Lipinski definition) is 3. The van der Waals surface area contributed by atoms with E-state index in [1.807, 2.05) is 19.1 Å². The van der Waals surface area contributed by atoms with E-state index in [1.165, 1.54) is 7.11 Å². The van der Waals surface area contributed by atoms with Gasteiger partial charge in [-0.2, -0.15) is 0 Å². The van der Waals surface area contributed by atoms with Crippen LogP contribution in [-0.2, 0) is 4.74 Å². The van der Waals surface area contributed by atoms with Crippen molar-refractivity contribution in [3.05, 3.63) is 29.3 Å². The van der Waals surface area contributed by atoms with Gasteiger partial charge in [0.2, 0.25) is 0 Å². The van der Waals surface area contributed by atoms with Gasteiger partial charge in [-0.05, 0) is 37.5 Å². The summed E-state index contributed by atoms with van der Waals surface area (Å²) in [5, 5.41) is 3.47. The Kier molecular flexibility index (Phi) is 5.20. The number of benzene rings is 1. The van der Waals surface area contributed by atoms with Crippen LogP contribution in [0.1, 0.15) is 43.1 Å². The van der Waals surface area contributed by atoms with Crippen molar-refractivity contribution in [3.8, 4) is 0 Å². The van der Waals surface area contributed by atoms with Gasteiger partial charge < -0.3 is 10.1 Å². The van der Waals surface area contributed by atoms with Gasteiger partial charge in [0.05, 0.1) is 12.7 Å².